The number of benzene rings is 1. The molecule has 0 bridgehead atoms. The number of hydrogen-bond donors (Lipinski definition) is 1. The average molecular weight is 292 g/mol. The minimum Gasteiger partial charge on any atom is -0.544 e. The van der Waals surface area contributed by atoms with Crippen molar-refractivity contribution in [3.05, 3.63) is 29.8 Å². The fourth-order valence-corrected chi connectivity index (χ4v) is 2.32. The van der Waals surface area contributed by atoms with E-state index in [1.54, 1.807) is 4.90 Å². The van der Waals surface area contributed by atoms with Crippen LogP contribution in [0, 0.1) is 6.92 Å². The third-order valence-electron chi connectivity index (χ3n) is 3.60. The SMILES string of the molecule is Cc1ccc(OCC(=O)N2CC[NH+](CC(=O)[O-])CC2)cc1. The summed E-state index contributed by atoms with van der Waals surface area (Å²) in [6.45, 7) is 4.37. The molecule has 0 atom stereocenters. The van der Waals surface area contributed by atoms with Crippen molar-refractivity contribution in [2.24, 2.45) is 0 Å². The summed E-state index contributed by atoms with van der Waals surface area (Å²) in [4.78, 5) is 25.2. The minimum atomic E-state index is -1.05. The Hall–Kier alpha value is -2.08. The number of rotatable bonds is 5. The zero-order valence-corrected chi connectivity index (χ0v) is 12.1. The van der Waals surface area contributed by atoms with E-state index in [1.165, 1.54) is 0 Å². The highest BCUT2D eigenvalue weighted by Crippen LogP contribution is 2.11. The van der Waals surface area contributed by atoms with Crippen LogP contribution in [0.15, 0.2) is 24.3 Å². The maximum Gasteiger partial charge on any atom is 0.260 e. The Balaban J connectivity index is 1.74. The molecule has 1 aliphatic heterocycles. The molecular weight excluding hydrogens is 272 g/mol. The number of carbonyl (C=O) groups excluding carboxylic acids is 2. The summed E-state index contributed by atoms with van der Waals surface area (Å²) in [5.41, 5.74) is 1.14. The molecule has 1 amide bonds. The van der Waals surface area contributed by atoms with E-state index in [1.807, 2.05) is 31.2 Å². The minimum absolute atomic E-state index is 0.00188. The van der Waals surface area contributed by atoms with Gasteiger partial charge in [0.2, 0.25) is 0 Å². The summed E-state index contributed by atoms with van der Waals surface area (Å²) < 4.78 is 5.47. The first-order valence-corrected chi connectivity index (χ1v) is 7.05. The molecule has 6 nitrogen and oxygen atoms in total. The average Bonchev–Trinajstić information content (AvgIpc) is 2.46. The van der Waals surface area contributed by atoms with E-state index < -0.39 is 5.97 Å². The fourth-order valence-electron chi connectivity index (χ4n) is 2.32. The van der Waals surface area contributed by atoms with Gasteiger partial charge >= 0.3 is 0 Å². The standard InChI is InChI=1S/C15H20N2O4/c1-12-2-4-13(5-3-12)21-11-14(18)17-8-6-16(7-9-17)10-15(19)20/h2-5H,6-11H2,1H3,(H,19,20). The summed E-state index contributed by atoms with van der Waals surface area (Å²) in [5, 5.41) is 10.5. The van der Waals surface area contributed by atoms with E-state index in [2.05, 4.69) is 0 Å². The van der Waals surface area contributed by atoms with Crippen molar-refractivity contribution in [3.63, 3.8) is 0 Å². The molecule has 1 heterocycles. The monoisotopic (exact) mass is 292 g/mol. The number of carboxylic acids is 1. The maximum atomic E-state index is 12.0. The number of carbonyl (C=O) groups is 2. The van der Waals surface area contributed by atoms with Crippen LogP contribution in [0.2, 0.25) is 0 Å². The van der Waals surface area contributed by atoms with E-state index >= 15 is 0 Å². The lowest BCUT2D eigenvalue weighted by molar-refractivity contribution is -0.898. The van der Waals surface area contributed by atoms with Gasteiger partial charge < -0.3 is 24.4 Å². The van der Waals surface area contributed by atoms with Crippen LogP contribution in [0.5, 0.6) is 5.75 Å². The first-order valence-electron chi connectivity index (χ1n) is 7.05. The van der Waals surface area contributed by atoms with Crippen LogP contribution in [-0.2, 0) is 9.59 Å². The van der Waals surface area contributed by atoms with Gasteiger partial charge in [0, 0.05) is 0 Å². The van der Waals surface area contributed by atoms with Crippen molar-refractivity contribution in [2.45, 2.75) is 6.92 Å². The van der Waals surface area contributed by atoms with Gasteiger partial charge in [-0.15, -0.1) is 0 Å². The van der Waals surface area contributed by atoms with E-state index in [4.69, 9.17) is 4.74 Å². The molecule has 0 aromatic heterocycles. The molecular formula is C15H20N2O4. The van der Waals surface area contributed by atoms with Gasteiger partial charge in [-0.05, 0) is 19.1 Å². The Labute approximate surface area is 123 Å². The van der Waals surface area contributed by atoms with Crippen molar-refractivity contribution < 1.29 is 24.3 Å². The highest BCUT2D eigenvalue weighted by Gasteiger charge is 2.23. The van der Waals surface area contributed by atoms with Gasteiger partial charge in [0.05, 0.1) is 32.1 Å². The maximum absolute atomic E-state index is 12.0. The third kappa shape index (κ3) is 4.75. The number of hydrogen-bond acceptors (Lipinski definition) is 4. The molecule has 0 aliphatic carbocycles. The predicted molar refractivity (Wildman–Crippen MR) is 73.8 cm³/mol. The lowest BCUT2D eigenvalue weighted by Gasteiger charge is -2.32. The number of carboxylic acid groups (broad SMARTS) is 1. The number of ether oxygens (including phenoxy) is 1. The Morgan fingerprint density at radius 3 is 2.43 bits per heavy atom. The zero-order valence-electron chi connectivity index (χ0n) is 12.1. The van der Waals surface area contributed by atoms with Gasteiger partial charge in [-0.1, -0.05) is 17.7 Å². The molecule has 0 unspecified atom stereocenters. The normalized spacial score (nSPS) is 15.8. The summed E-state index contributed by atoms with van der Waals surface area (Å²) in [6, 6.07) is 7.54. The molecule has 21 heavy (non-hydrogen) atoms. The van der Waals surface area contributed by atoms with Crippen molar-refractivity contribution >= 4 is 11.9 Å². The van der Waals surface area contributed by atoms with Gasteiger partial charge in [-0.25, -0.2) is 0 Å². The van der Waals surface area contributed by atoms with Gasteiger partial charge in [-0.3, -0.25) is 4.79 Å². The molecule has 0 spiro atoms. The fraction of sp³-hybridized carbons (Fsp3) is 0.467. The molecule has 2 rings (SSSR count). The van der Waals surface area contributed by atoms with Crippen LogP contribution in [0.1, 0.15) is 5.56 Å². The Bertz CT molecular complexity index is 493. The van der Waals surface area contributed by atoms with E-state index in [0.29, 0.717) is 31.9 Å². The molecule has 1 fully saturated rings. The van der Waals surface area contributed by atoms with E-state index in [9.17, 15) is 14.7 Å². The van der Waals surface area contributed by atoms with Gasteiger partial charge in [0.25, 0.3) is 5.91 Å². The number of nitrogens with one attached hydrogen (secondary N) is 1. The first kappa shape index (κ1) is 15.3. The van der Waals surface area contributed by atoms with Crippen LogP contribution in [0.3, 0.4) is 0 Å². The second kappa shape index (κ2) is 7.08. The molecule has 1 aliphatic rings. The number of nitrogens with zero attached hydrogens (tertiary/aromatic N) is 1. The molecule has 0 saturated carbocycles. The number of amides is 1. The lowest BCUT2D eigenvalue weighted by atomic mass is 10.2. The number of piperazine rings is 1. The van der Waals surface area contributed by atoms with Crippen LogP contribution in [-0.4, -0.2) is 56.1 Å². The summed E-state index contributed by atoms with van der Waals surface area (Å²) >= 11 is 0. The van der Waals surface area contributed by atoms with Gasteiger partial charge in [0.1, 0.15) is 12.3 Å². The number of aliphatic carboxylic acids is 1. The van der Waals surface area contributed by atoms with Crippen LogP contribution < -0.4 is 14.7 Å². The molecule has 114 valence electrons. The summed E-state index contributed by atoms with van der Waals surface area (Å²) in [7, 11) is 0. The van der Waals surface area contributed by atoms with Crippen molar-refractivity contribution in [1.82, 2.24) is 4.90 Å². The predicted octanol–water partition coefficient (Wildman–Crippen LogP) is -2.15. The van der Waals surface area contributed by atoms with Crippen molar-refractivity contribution in [2.75, 3.05) is 39.3 Å². The molecule has 0 radical (unpaired) electrons. The second-order valence-corrected chi connectivity index (χ2v) is 5.28. The Morgan fingerprint density at radius 1 is 1.24 bits per heavy atom. The molecule has 1 aromatic rings. The highest BCUT2D eigenvalue weighted by molar-refractivity contribution is 5.77. The third-order valence-corrected chi connectivity index (χ3v) is 3.60. The molecule has 6 heteroatoms. The molecule has 1 aromatic carbocycles. The zero-order chi connectivity index (χ0) is 15.2. The Kier molecular flexibility index (Phi) is 5.16. The molecule has 1 N–H and O–H groups in total. The van der Waals surface area contributed by atoms with Crippen LogP contribution in [0.4, 0.5) is 0 Å². The molecule has 1 saturated heterocycles. The largest absolute Gasteiger partial charge is 0.544 e. The van der Waals surface area contributed by atoms with E-state index in [-0.39, 0.29) is 19.1 Å². The van der Waals surface area contributed by atoms with Crippen LogP contribution in [0.25, 0.3) is 0 Å². The van der Waals surface area contributed by atoms with E-state index in [0.717, 1.165) is 10.5 Å². The number of quaternary nitrogens is 1. The van der Waals surface area contributed by atoms with Gasteiger partial charge in [-0.2, -0.15) is 0 Å². The first-order chi connectivity index (χ1) is 10.0. The quantitative estimate of drug-likeness (QED) is 0.671. The number of aryl methyl sites for hydroxylation is 1. The smallest absolute Gasteiger partial charge is 0.260 e. The summed E-state index contributed by atoms with van der Waals surface area (Å²) in [5.74, 6) is -0.439. The van der Waals surface area contributed by atoms with Crippen molar-refractivity contribution in [3.8, 4) is 5.75 Å². The summed E-state index contributed by atoms with van der Waals surface area (Å²) in [6.07, 6.45) is 0. The highest BCUT2D eigenvalue weighted by atomic mass is 16.5. The van der Waals surface area contributed by atoms with Crippen LogP contribution >= 0.6 is 0 Å². The topological polar surface area (TPSA) is 74.1 Å². The van der Waals surface area contributed by atoms with Crippen molar-refractivity contribution in [1.29, 1.82) is 0 Å². The van der Waals surface area contributed by atoms with Gasteiger partial charge in [0.15, 0.2) is 6.61 Å². The lowest BCUT2D eigenvalue weighted by Crippen LogP contribution is -3.16. The second-order valence-electron chi connectivity index (χ2n) is 5.28. The Morgan fingerprint density at radius 2 is 1.86 bits per heavy atom.